The Morgan fingerprint density at radius 3 is 2.76 bits per heavy atom. The standard InChI is InChI=1S/C14H22FNO/c1-16-11-12(6-5-9-17-2)10-13-7-3-4-8-14(13)15/h3-4,7-8,12,16H,5-6,9-11H2,1-2H3. The van der Waals surface area contributed by atoms with E-state index in [2.05, 4.69) is 5.32 Å². The van der Waals surface area contributed by atoms with Gasteiger partial charge < -0.3 is 10.1 Å². The average molecular weight is 239 g/mol. The molecule has 1 aromatic carbocycles. The zero-order chi connectivity index (χ0) is 12.5. The zero-order valence-corrected chi connectivity index (χ0v) is 10.7. The fourth-order valence-corrected chi connectivity index (χ4v) is 2.06. The van der Waals surface area contributed by atoms with Crippen LogP contribution in [0, 0.1) is 11.7 Å². The van der Waals surface area contributed by atoms with E-state index in [1.165, 1.54) is 6.07 Å². The summed E-state index contributed by atoms with van der Waals surface area (Å²) in [7, 11) is 3.65. The normalized spacial score (nSPS) is 12.6. The summed E-state index contributed by atoms with van der Waals surface area (Å²) in [6.07, 6.45) is 2.87. The minimum atomic E-state index is -0.0969. The lowest BCUT2D eigenvalue weighted by molar-refractivity contribution is 0.186. The second kappa shape index (κ2) is 8.20. The average Bonchev–Trinajstić information content (AvgIpc) is 2.32. The lowest BCUT2D eigenvalue weighted by Crippen LogP contribution is -2.21. The molecule has 1 aromatic rings. The van der Waals surface area contributed by atoms with Crippen molar-refractivity contribution in [2.75, 3.05) is 27.3 Å². The summed E-state index contributed by atoms with van der Waals surface area (Å²) in [5.41, 5.74) is 0.810. The molecule has 0 radical (unpaired) electrons. The molecule has 2 nitrogen and oxygen atoms in total. The van der Waals surface area contributed by atoms with E-state index in [9.17, 15) is 4.39 Å². The number of halogens is 1. The number of methoxy groups -OCH3 is 1. The monoisotopic (exact) mass is 239 g/mol. The van der Waals surface area contributed by atoms with Crippen molar-refractivity contribution in [2.24, 2.45) is 5.92 Å². The highest BCUT2D eigenvalue weighted by Gasteiger charge is 2.11. The van der Waals surface area contributed by atoms with Crippen molar-refractivity contribution in [1.82, 2.24) is 5.32 Å². The van der Waals surface area contributed by atoms with E-state index in [0.29, 0.717) is 5.92 Å². The van der Waals surface area contributed by atoms with E-state index in [1.54, 1.807) is 13.2 Å². The first-order valence-electron chi connectivity index (χ1n) is 6.15. The van der Waals surface area contributed by atoms with Crippen LogP contribution >= 0.6 is 0 Å². The van der Waals surface area contributed by atoms with Gasteiger partial charge in [0.15, 0.2) is 0 Å². The van der Waals surface area contributed by atoms with Crippen LogP contribution in [0.1, 0.15) is 18.4 Å². The van der Waals surface area contributed by atoms with Gasteiger partial charge >= 0.3 is 0 Å². The molecule has 0 aliphatic carbocycles. The molecule has 96 valence electrons. The van der Waals surface area contributed by atoms with Crippen LogP contribution in [0.15, 0.2) is 24.3 Å². The van der Waals surface area contributed by atoms with E-state index < -0.39 is 0 Å². The van der Waals surface area contributed by atoms with Gasteiger partial charge in [0.2, 0.25) is 0 Å². The molecule has 0 saturated heterocycles. The number of benzene rings is 1. The maximum absolute atomic E-state index is 13.5. The van der Waals surface area contributed by atoms with Crippen molar-refractivity contribution in [1.29, 1.82) is 0 Å². The molecule has 0 heterocycles. The third-order valence-electron chi connectivity index (χ3n) is 2.92. The van der Waals surface area contributed by atoms with Gasteiger partial charge in [-0.25, -0.2) is 4.39 Å². The Hall–Kier alpha value is -0.930. The predicted molar refractivity (Wildman–Crippen MR) is 68.6 cm³/mol. The molecule has 1 rings (SSSR count). The molecule has 0 aliphatic rings. The highest BCUT2D eigenvalue weighted by Crippen LogP contribution is 2.16. The van der Waals surface area contributed by atoms with Gasteiger partial charge in [0.05, 0.1) is 0 Å². The van der Waals surface area contributed by atoms with Crippen molar-refractivity contribution < 1.29 is 9.13 Å². The number of hydrogen-bond acceptors (Lipinski definition) is 2. The maximum atomic E-state index is 13.5. The van der Waals surface area contributed by atoms with Gasteiger partial charge in [-0.05, 0) is 50.4 Å². The Kier molecular flexibility index (Phi) is 6.82. The molecular weight excluding hydrogens is 217 g/mol. The Labute approximate surface area is 103 Å². The summed E-state index contributed by atoms with van der Waals surface area (Å²) in [6, 6.07) is 7.02. The molecule has 0 bridgehead atoms. The molecule has 1 unspecified atom stereocenters. The molecule has 0 saturated carbocycles. The van der Waals surface area contributed by atoms with Crippen molar-refractivity contribution in [3.8, 4) is 0 Å². The second-order valence-corrected chi connectivity index (χ2v) is 4.35. The van der Waals surface area contributed by atoms with Gasteiger partial charge in [-0.3, -0.25) is 0 Å². The minimum absolute atomic E-state index is 0.0969. The van der Waals surface area contributed by atoms with Crippen LogP contribution in [0.25, 0.3) is 0 Å². The van der Waals surface area contributed by atoms with Gasteiger partial charge in [-0.15, -0.1) is 0 Å². The van der Waals surface area contributed by atoms with Crippen LogP contribution < -0.4 is 5.32 Å². The largest absolute Gasteiger partial charge is 0.385 e. The van der Waals surface area contributed by atoms with Gasteiger partial charge in [0.25, 0.3) is 0 Å². The van der Waals surface area contributed by atoms with E-state index in [1.807, 2.05) is 19.2 Å². The SMILES string of the molecule is CNCC(CCCOC)Cc1ccccc1F. The topological polar surface area (TPSA) is 21.3 Å². The molecular formula is C14H22FNO. The molecule has 1 atom stereocenters. The summed E-state index contributed by atoms with van der Waals surface area (Å²) < 4.78 is 18.6. The van der Waals surface area contributed by atoms with Crippen molar-refractivity contribution in [3.05, 3.63) is 35.6 Å². The number of rotatable bonds is 8. The zero-order valence-electron chi connectivity index (χ0n) is 10.7. The van der Waals surface area contributed by atoms with Crippen LogP contribution in [0.3, 0.4) is 0 Å². The summed E-state index contributed by atoms with van der Waals surface area (Å²) in [5.74, 6) is 0.368. The first-order chi connectivity index (χ1) is 8.27. The highest BCUT2D eigenvalue weighted by molar-refractivity contribution is 5.17. The first kappa shape index (κ1) is 14.1. The summed E-state index contributed by atoms with van der Waals surface area (Å²) >= 11 is 0. The Bertz CT molecular complexity index is 317. The Morgan fingerprint density at radius 2 is 2.12 bits per heavy atom. The molecule has 3 heteroatoms. The number of hydrogen-bond donors (Lipinski definition) is 1. The highest BCUT2D eigenvalue weighted by atomic mass is 19.1. The minimum Gasteiger partial charge on any atom is -0.385 e. The fourth-order valence-electron chi connectivity index (χ4n) is 2.06. The molecule has 1 N–H and O–H groups in total. The van der Waals surface area contributed by atoms with Crippen LogP contribution in [0.4, 0.5) is 4.39 Å². The van der Waals surface area contributed by atoms with Gasteiger partial charge in [-0.2, -0.15) is 0 Å². The van der Waals surface area contributed by atoms with Crippen molar-refractivity contribution in [2.45, 2.75) is 19.3 Å². The molecule has 0 amide bonds. The third kappa shape index (κ3) is 5.29. The molecule has 0 aromatic heterocycles. The van der Waals surface area contributed by atoms with E-state index in [4.69, 9.17) is 4.74 Å². The maximum Gasteiger partial charge on any atom is 0.126 e. The Morgan fingerprint density at radius 1 is 1.35 bits per heavy atom. The Balaban J connectivity index is 2.50. The smallest absolute Gasteiger partial charge is 0.126 e. The van der Waals surface area contributed by atoms with E-state index in [0.717, 1.165) is 38.0 Å². The number of nitrogens with one attached hydrogen (secondary N) is 1. The second-order valence-electron chi connectivity index (χ2n) is 4.35. The van der Waals surface area contributed by atoms with Crippen LogP contribution in [-0.4, -0.2) is 27.3 Å². The lowest BCUT2D eigenvalue weighted by atomic mass is 9.94. The lowest BCUT2D eigenvalue weighted by Gasteiger charge is -2.16. The summed E-state index contributed by atoms with van der Waals surface area (Å²) in [4.78, 5) is 0. The van der Waals surface area contributed by atoms with Crippen LogP contribution in [0.5, 0.6) is 0 Å². The fraction of sp³-hybridized carbons (Fsp3) is 0.571. The van der Waals surface area contributed by atoms with Crippen LogP contribution in [-0.2, 0) is 11.2 Å². The summed E-state index contributed by atoms with van der Waals surface area (Å²) in [6.45, 7) is 1.69. The quantitative estimate of drug-likeness (QED) is 0.704. The third-order valence-corrected chi connectivity index (χ3v) is 2.92. The van der Waals surface area contributed by atoms with Gasteiger partial charge in [0, 0.05) is 13.7 Å². The van der Waals surface area contributed by atoms with Gasteiger partial charge in [0.1, 0.15) is 5.82 Å². The molecule has 0 aliphatic heterocycles. The molecule has 0 fully saturated rings. The summed E-state index contributed by atoms with van der Waals surface area (Å²) in [5, 5.41) is 3.17. The van der Waals surface area contributed by atoms with Crippen molar-refractivity contribution in [3.63, 3.8) is 0 Å². The first-order valence-corrected chi connectivity index (χ1v) is 6.15. The molecule has 0 spiro atoms. The van der Waals surface area contributed by atoms with Crippen LogP contribution in [0.2, 0.25) is 0 Å². The van der Waals surface area contributed by atoms with E-state index >= 15 is 0 Å². The number of ether oxygens (including phenoxy) is 1. The van der Waals surface area contributed by atoms with E-state index in [-0.39, 0.29) is 5.82 Å². The molecule has 17 heavy (non-hydrogen) atoms. The predicted octanol–water partition coefficient (Wildman–Crippen LogP) is 2.63. The van der Waals surface area contributed by atoms with Gasteiger partial charge in [-0.1, -0.05) is 18.2 Å². The van der Waals surface area contributed by atoms with Crippen molar-refractivity contribution >= 4 is 0 Å².